The third-order valence-electron chi connectivity index (χ3n) is 3.10. The molecule has 92 valence electrons. The van der Waals surface area contributed by atoms with Crippen LogP contribution in [0.5, 0.6) is 0 Å². The topological polar surface area (TPSA) is 75.1 Å². The average molecular weight is 235 g/mol. The van der Waals surface area contributed by atoms with Gasteiger partial charge in [-0.1, -0.05) is 0 Å². The van der Waals surface area contributed by atoms with Gasteiger partial charge < -0.3 is 10.4 Å². The van der Waals surface area contributed by atoms with Gasteiger partial charge >= 0.3 is 5.97 Å². The Morgan fingerprint density at radius 2 is 2.00 bits per heavy atom. The maximum absolute atomic E-state index is 10.8. The Balaban J connectivity index is 2.00. The first-order valence-corrected chi connectivity index (χ1v) is 5.86. The number of carboxylic acid groups (broad SMARTS) is 1. The molecule has 0 unspecified atom stereocenters. The van der Waals surface area contributed by atoms with E-state index in [0.717, 1.165) is 24.2 Å². The summed E-state index contributed by atoms with van der Waals surface area (Å²) in [5.41, 5.74) is 1.85. The number of carbonyl (C=O) groups is 1. The summed E-state index contributed by atoms with van der Waals surface area (Å²) in [6.45, 7) is 3.85. The molecule has 0 bridgehead atoms. The molecular weight excluding hydrogens is 218 g/mol. The van der Waals surface area contributed by atoms with Crippen molar-refractivity contribution >= 4 is 11.9 Å². The molecule has 2 rings (SSSR count). The summed E-state index contributed by atoms with van der Waals surface area (Å²) in [4.78, 5) is 19.4. The fraction of sp³-hybridized carbons (Fsp3) is 0.583. The standard InChI is InChI=1S/C12H17N3O2/c1-7-5-8(2)14-12(13-7)15-10-4-3-9(6-10)11(16)17/h5,9-10H,3-4,6H2,1-2H3,(H,16,17)(H,13,14,15)/t9-,10+/m1/s1. The molecule has 0 spiro atoms. The minimum absolute atomic E-state index is 0.178. The van der Waals surface area contributed by atoms with Crippen molar-refractivity contribution in [2.75, 3.05) is 5.32 Å². The van der Waals surface area contributed by atoms with Crippen LogP contribution >= 0.6 is 0 Å². The summed E-state index contributed by atoms with van der Waals surface area (Å²) in [7, 11) is 0. The molecule has 1 aliphatic carbocycles. The van der Waals surface area contributed by atoms with Gasteiger partial charge in [0.25, 0.3) is 0 Å². The first-order chi connectivity index (χ1) is 8.04. The number of nitrogens with zero attached hydrogens (tertiary/aromatic N) is 2. The van der Waals surface area contributed by atoms with Gasteiger partial charge in [0.1, 0.15) is 0 Å². The molecule has 1 aromatic rings. The van der Waals surface area contributed by atoms with E-state index in [9.17, 15) is 4.79 Å². The molecule has 0 radical (unpaired) electrons. The molecular formula is C12H17N3O2. The average Bonchev–Trinajstić information content (AvgIpc) is 2.64. The Morgan fingerprint density at radius 1 is 1.35 bits per heavy atom. The lowest BCUT2D eigenvalue weighted by atomic mass is 10.1. The van der Waals surface area contributed by atoms with E-state index in [1.807, 2.05) is 19.9 Å². The van der Waals surface area contributed by atoms with Gasteiger partial charge in [0.2, 0.25) is 5.95 Å². The molecule has 2 atom stereocenters. The van der Waals surface area contributed by atoms with Crippen molar-refractivity contribution < 1.29 is 9.90 Å². The van der Waals surface area contributed by atoms with Crippen LogP contribution in [-0.4, -0.2) is 27.1 Å². The predicted octanol–water partition coefficient (Wildman–Crippen LogP) is 1.76. The van der Waals surface area contributed by atoms with Crippen molar-refractivity contribution in [1.29, 1.82) is 0 Å². The van der Waals surface area contributed by atoms with Gasteiger partial charge in [-0.15, -0.1) is 0 Å². The second kappa shape index (κ2) is 4.69. The molecule has 1 aromatic heterocycles. The molecule has 5 nitrogen and oxygen atoms in total. The van der Waals surface area contributed by atoms with Crippen LogP contribution in [0.3, 0.4) is 0 Å². The molecule has 0 amide bonds. The molecule has 5 heteroatoms. The molecule has 2 N–H and O–H groups in total. The Hall–Kier alpha value is -1.65. The van der Waals surface area contributed by atoms with Crippen molar-refractivity contribution in [1.82, 2.24) is 9.97 Å². The van der Waals surface area contributed by atoms with Crippen LogP contribution in [0.1, 0.15) is 30.7 Å². The highest BCUT2D eigenvalue weighted by molar-refractivity contribution is 5.70. The molecule has 1 heterocycles. The lowest BCUT2D eigenvalue weighted by molar-refractivity contribution is -0.141. The summed E-state index contributed by atoms with van der Waals surface area (Å²) in [6.07, 6.45) is 2.26. The molecule has 1 fully saturated rings. The molecule has 17 heavy (non-hydrogen) atoms. The Kier molecular flexibility index (Phi) is 3.26. The normalized spacial score (nSPS) is 23.6. The largest absolute Gasteiger partial charge is 0.481 e. The highest BCUT2D eigenvalue weighted by Gasteiger charge is 2.29. The van der Waals surface area contributed by atoms with Crippen molar-refractivity contribution in [2.45, 2.75) is 39.2 Å². The minimum atomic E-state index is -0.698. The summed E-state index contributed by atoms with van der Waals surface area (Å²) < 4.78 is 0. The lowest BCUT2D eigenvalue weighted by Gasteiger charge is -2.12. The van der Waals surface area contributed by atoms with Gasteiger partial charge in [0, 0.05) is 17.4 Å². The van der Waals surface area contributed by atoms with Crippen LogP contribution in [0.2, 0.25) is 0 Å². The van der Waals surface area contributed by atoms with Crippen molar-refractivity contribution in [3.05, 3.63) is 17.5 Å². The monoisotopic (exact) mass is 235 g/mol. The van der Waals surface area contributed by atoms with Crippen molar-refractivity contribution in [3.63, 3.8) is 0 Å². The van der Waals surface area contributed by atoms with Gasteiger partial charge in [0.15, 0.2) is 0 Å². The smallest absolute Gasteiger partial charge is 0.306 e. The second-order valence-electron chi connectivity index (χ2n) is 4.66. The van der Waals surface area contributed by atoms with Crippen LogP contribution in [-0.2, 0) is 4.79 Å². The molecule has 0 saturated heterocycles. The van der Waals surface area contributed by atoms with E-state index in [1.54, 1.807) is 0 Å². The van der Waals surface area contributed by atoms with Crippen LogP contribution in [0.15, 0.2) is 6.07 Å². The first-order valence-electron chi connectivity index (χ1n) is 5.86. The molecule has 0 aromatic carbocycles. The zero-order valence-electron chi connectivity index (χ0n) is 10.1. The summed E-state index contributed by atoms with van der Waals surface area (Å²) in [6, 6.07) is 2.09. The van der Waals surface area contributed by atoms with Gasteiger partial charge in [0.05, 0.1) is 5.92 Å². The van der Waals surface area contributed by atoms with E-state index in [-0.39, 0.29) is 12.0 Å². The summed E-state index contributed by atoms with van der Waals surface area (Å²) in [5, 5.41) is 12.1. The van der Waals surface area contributed by atoms with E-state index in [4.69, 9.17) is 5.11 Å². The molecule has 1 aliphatic rings. The van der Waals surface area contributed by atoms with E-state index in [0.29, 0.717) is 12.4 Å². The number of anilines is 1. The van der Waals surface area contributed by atoms with Crippen LogP contribution < -0.4 is 5.32 Å². The zero-order valence-corrected chi connectivity index (χ0v) is 10.1. The van der Waals surface area contributed by atoms with E-state index in [2.05, 4.69) is 15.3 Å². The number of hydrogen-bond acceptors (Lipinski definition) is 4. The highest BCUT2D eigenvalue weighted by Crippen LogP contribution is 2.27. The second-order valence-corrected chi connectivity index (χ2v) is 4.66. The molecule has 0 aliphatic heterocycles. The minimum Gasteiger partial charge on any atom is -0.481 e. The number of hydrogen-bond donors (Lipinski definition) is 2. The summed E-state index contributed by atoms with van der Waals surface area (Å²) >= 11 is 0. The fourth-order valence-electron chi connectivity index (χ4n) is 2.31. The van der Waals surface area contributed by atoms with E-state index < -0.39 is 5.97 Å². The van der Waals surface area contributed by atoms with Crippen molar-refractivity contribution in [2.24, 2.45) is 5.92 Å². The maximum Gasteiger partial charge on any atom is 0.306 e. The fourth-order valence-corrected chi connectivity index (χ4v) is 2.31. The van der Waals surface area contributed by atoms with Gasteiger partial charge in [-0.2, -0.15) is 0 Å². The predicted molar refractivity (Wildman–Crippen MR) is 63.9 cm³/mol. The third kappa shape index (κ3) is 2.93. The Labute approximate surface area is 100 Å². The number of carboxylic acids is 1. The number of aliphatic carboxylic acids is 1. The van der Waals surface area contributed by atoms with Crippen molar-refractivity contribution in [3.8, 4) is 0 Å². The third-order valence-corrected chi connectivity index (χ3v) is 3.10. The first kappa shape index (κ1) is 11.8. The maximum atomic E-state index is 10.8. The summed E-state index contributed by atoms with van der Waals surface area (Å²) in [5.74, 6) is -0.312. The van der Waals surface area contributed by atoms with E-state index in [1.165, 1.54) is 0 Å². The zero-order chi connectivity index (χ0) is 12.4. The van der Waals surface area contributed by atoms with Crippen LogP contribution in [0.4, 0.5) is 5.95 Å². The number of aryl methyl sites for hydroxylation is 2. The Bertz CT molecular complexity index is 414. The van der Waals surface area contributed by atoms with Crippen LogP contribution in [0, 0.1) is 19.8 Å². The van der Waals surface area contributed by atoms with Crippen LogP contribution in [0.25, 0.3) is 0 Å². The molecule has 1 saturated carbocycles. The number of aromatic nitrogens is 2. The lowest BCUT2D eigenvalue weighted by Crippen LogP contribution is -2.19. The SMILES string of the molecule is Cc1cc(C)nc(N[C@H]2CC[C@@H](C(=O)O)C2)n1. The van der Waals surface area contributed by atoms with E-state index >= 15 is 0 Å². The quantitative estimate of drug-likeness (QED) is 0.835. The number of rotatable bonds is 3. The van der Waals surface area contributed by atoms with Gasteiger partial charge in [-0.05, 0) is 39.2 Å². The van der Waals surface area contributed by atoms with Gasteiger partial charge in [-0.3, -0.25) is 4.79 Å². The Morgan fingerprint density at radius 3 is 2.53 bits per heavy atom. The van der Waals surface area contributed by atoms with Gasteiger partial charge in [-0.25, -0.2) is 9.97 Å². The highest BCUT2D eigenvalue weighted by atomic mass is 16.4. The number of nitrogens with one attached hydrogen (secondary N) is 1.